The highest BCUT2D eigenvalue weighted by atomic mass is 19.4. The van der Waals surface area contributed by atoms with Gasteiger partial charge in [0, 0.05) is 19.1 Å². The summed E-state index contributed by atoms with van der Waals surface area (Å²) in [5.74, 6) is -1.77. The zero-order chi connectivity index (χ0) is 17.1. The summed E-state index contributed by atoms with van der Waals surface area (Å²) in [4.78, 5) is 31.9. The topological polar surface area (TPSA) is 98.5 Å². The first kappa shape index (κ1) is 17.4. The van der Waals surface area contributed by atoms with Gasteiger partial charge in [-0.15, -0.1) is 0 Å². The number of rotatable bonds is 4. The molecule has 0 unspecified atom stereocenters. The van der Waals surface area contributed by atoms with E-state index in [9.17, 15) is 32.9 Å². The van der Waals surface area contributed by atoms with Crippen LogP contribution in [0.25, 0.3) is 0 Å². The number of hydrogen-bond acceptors (Lipinski definition) is 5. The minimum absolute atomic E-state index is 0.312. The quantitative estimate of drug-likeness (QED) is 0.522. The smallest absolute Gasteiger partial charge is 0.418 e. The fourth-order valence-corrected chi connectivity index (χ4v) is 1.53. The van der Waals surface area contributed by atoms with Crippen molar-refractivity contribution in [1.29, 1.82) is 0 Å². The van der Waals surface area contributed by atoms with E-state index in [0.717, 1.165) is 19.1 Å². The number of nitrogens with zero attached hydrogens (tertiary/aromatic N) is 1. The number of hydrogen-bond donors (Lipinski definition) is 1. The summed E-state index contributed by atoms with van der Waals surface area (Å²) in [7, 11) is 0. The lowest BCUT2D eigenvalue weighted by Crippen LogP contribution is -2.30. The number of amides is 1. The van der Waals surface area contributed by atoms with Crippen molar-refractivity contribution < 1.29 is 32.4 Å². The van der Waals surface area contributed by atoms with E-state index < -0.39 is 46.0 Å². The van der Waals surface area contributed by atoms with Gasteiger partial charge in [-0.1, -0.05) is 0 Å². The second kappa shape index (κ2) is 6.41. The Morgan fingerprint density at radius 3 is 2.41 bits per heavy atom. The van der Waals surface area contributed by atoms with Crippen LogP contribution < -0.4 is 5.32 Å². The van der Waals surface area contributed by atoms with Gasteiger partial charge in [0.15, 0.2) is 6.10 Å². The van der Waals surface area contributed by atoms with Crippen LogP contribution in [0.15, 0.2) is 18.2 Å². The van der Waals surface area contributed by atoms with Crippen LogP contribution in [0.4, 0.5) is 24.5 Å². The van der Waals surface area contributed by atoms with Crippen LogP contribution in [-0.4, -0.2) is 22.9 Å². The third-order valence-corrected chi connectivity index (χ3v) is 2.49. The van der Waals surface area contributed by atoms with Gasteiger partial charge in [0.1, 0.15) is 0 Å². The maximum atomic E-state index is 12.9. The summed E-state index contributed by atoms with van der Waals surface area (Å²) in [6, 6.07) is 1.90. The zero-order valence-corrected chi connectivity index (χ0v) is 11.4. The van der Waals surface area contributed by atoms with Crippen LogP contribution in [0.5, 0.6) is 0 Å². The number of carbonyl (C=O) groups excluding carboxylic acids is 2. The Kier molecular flexibility index (Phi) is 5.07. The van der Waals surface area contributed by atoms with Gasteiger partial charge in [-0.2, -0.15) is 13.2 Å². The van der Waals surface area contributed by atoms with Gasteiger partial charge < -0.3 is 10.1 Å². The van der Waals surface area contributed by atoms with Crippen molar-refractivity contribution in [2.45, 2.75) is 26.1 Å². The Morgan fingerprint density at radius 2 is 1.95 bits per heavy atom. The van der Waals surface area contributed by atoms with Crippen molar-refractivity contribution in [2.24, 2.45) is 0 Å². The molecule has 1 atom stereocenters. The van der Waals surface area contributed by atoms with Crippen molar-refractivity contribution in [3.05, 3.63) is 33.9 Å². The Balaban J connectivity index is 3.11. The molecule has 0 aromatic heterocycles. The first-order valence-electron chi connectivity index (χ1n) is 5.86. The molecule has 1 aromatic carbocycles. The molecule has 0 heterocycles. The molecule has 0 bridgehead atoms. The van der Waals surface area contributed by atoms with Crippen molar-refractivity contribution in [3.63, 3.8) is 0 Å². The molecule has 10 heteroatoms. The first-order valence-corrected chi connectivity index (χ1v) is 5.86. The second-order valence-electron chi connectivity index (χ2n) is 4.23. The van der Waals surface area contributed by atoms with E-state index in [1.54, 1.807) is 0 Å². The normalized spacial score (nSPS) is 12.4. The number of alkyl halides is 3. The molecule has 0 radical (unpaired) electrons. The molecule has 0 spiro atoms. The summed E-state index contributed by atoms with van der Waals surface area (Å²) in [6.45, 7) is 2.21. The molecule has 1 aromatic rings. The van der Waals surface area contributed by atoms with Gasteiger partial charge in [-0.05, 0) is 13.0 Å². The third kappa shape index (κ3) is 4.43. The number of benzene rings is 1. The molecule has 0 aliphatic rings. The van der Waals surface area contributed by atoms with Crippen LogP contribution in [0.2, 0.25) is 0 Å². The molecule has 0 aliphatic heterocycles. The number of carbonyl (C=O) groups is 2. The summed E-state index contributed by atoms with van der Waals surface area (Å²) in [5, 5.41) is 12.5. The number of non-ortho nitro benzene ring substituents is 1. The van der Waals surface area contributed by atoms with E-state index in [1.165, 1.54) is 6.92 Å². The highest BCUT2D eigenvalue weighted by Gasteiger charge is 2.36. The molecule has 1 amide bonds. The highest BCUT2D eigenvalue weighted by molar-refractivity contribution is 5.95. The van der Waals surface area contributed by atoms with Gasteiger partial charge in [0.25, 0.3) is 11.6 Å². The molecule has 0 aliphatic carbocycles. The van der Waals surface area contributed by atoms with Gasteiger partial charge >= 0.3 is 12.1 Å². The summed E-state index contributed by atoms with van der Waals surface area (Å²) < 4.78 is 43.2. The SMILES string of the molecule is CC(=O)O[C@H](C)C(=O)Nc1ccc([N+](=O)[O-])cc1C(F)(F)F. The molecule has 0 saturated heterocycles. The first-order chi connectivity index (χ1) is 10.0. The Bertz CT molecular complexity index is 615. The minimum atomic E-state index is -4.90. The monoisotopic (exact) mass is 320 g/mol. The maximum absolute atomic E-state index is 12.9. The number of nitro benzene ring substituents is 1. The van der Waals surface area contributed by atoms with Gasteiger partial charge in [0.2, 0.25) is 0 Å². The fraction of sp³-hybridized carbons (Fsp3) is 0.333. The van der Waals surface area contributed by atoms with Crippen molar-refractivity contribution in [2.75, 3.05) is 5.32 Å². The fourth-order valence-electron chi connectivity index (χ4n) is 1.53. The minimum Gasteiger partial charge on any atom is -0.453 e. The number of nitro groups is 1. The Hall–Kier alpha value is -2.65. The van der Waals surface area contributed by atoms with Gasteiger partial charge in [-0.3, -0.25) is 19.7 Å². The van der Waals surface area contributed by atoms with Crippen LogP contribution in [0.1, 0.15) is 19.4 Å². The van der Waals surface area contributed by atoms with Crippen LogP contribution in [0.3, 0.4) is 0 Å². The van der Waals surface area contributed by atoms with Crippen LogP contribution in [0, 0.1) is 10.1 Å². The van der Waals surface area contributed by atoms with E-state index in [4.69, 9.17) is 0 Å². The molecule has 120 valence electrons. The Morgan fingerprint density at radius 1 is 1.36 bits per heavy atom. The number of halogens is 3. The standard InChI is InChI=1S/C12H11F3N2O5/c1-6(22-7(2)18)11(19)16-10-4-3-8(17(20)21)5-9(10)12(13,14)15/h3-6H,1-2H3,(H,16,19)/t6-/m1/s1. The number of nitrogens with one attached hydrogen (secondary N) is 1. The number of ether oxygens (including phenoxy) is 1. The highest BCUT2D eigenvalue weighted by Crippen LogP contribution is 2.37. The summed E-state index contributed by atoms with van der Waals surface area (Å²) >= 11 is 0. The van der Waals surface area contributed by atoms with Crippen molar-refractivity contribution in [3.8, 4) is 0 Å². The second-order valence-corrected chi connectivity index (χ2v) is 4.23. The molecule has 7 nitrogen and oxygen atoms in total. The molecular formula is C12H11F3N2O5. The predicted octanol–water partition coefficient (Wildman–Crippen LogP) is 2.50. The molecule has 0 saturated carbocycles. The Labute approximate surface area is 122 Å². The van der Waals surface area contributed by atoms with E-state index >= 15 is 0 Å². The average molecular weight is 320 g/mol. The van der Waals surface area contributed by atoms with E-state index in [0.29, 0.717) is 6.07 Å². The van der Waals surface area contributed by atoms with Crippen LogP contribution >= 0.6 is 0 Å². The molecule has 1 N–H and O–H groups in total. The predicted molar refractivity (Wildman–Crippen MR) is 68.0 cm³/mol. The molecule has 22 heavy (non-hydrogen) atoms. The van der Waals surface area contributed by atoms with Gasteiger partial charge in [-0.25, -0.2) is 0 Å². The van der Waals surface area contributed by atoms with E-state index in [2.05, 4.69) is 4.74 Å². The van der Waals surface area contributed by atoms with Gasteiger partial charge in [0.05, 0.1) is 16.2 Å². The van der Waals surface area contributed by atoms with E-state index in [-0.39, 0.29) is 0 Å². The van der Waals surface area contributed by atoms with Crippen LogP contribution in [-0.2, 0) is 20.5 Å². The lowest BCUT2D eigenvalue weighted by molar-refractivity contribution is -0.385. The number of anilines is 1. The van der Waals surface area contributed by atoms with Crippen molar-refractivity contribution in [1.82, 2.24) is 0 Å². The molecule has 0 fully saturated rings. The maximum Gasteiger partial charge on any atom is 0.418 e. The number of esters is 1. The zero-order valence-electron chi connectivity index (χ0n) is 11.4. The summed E-state index contributed by atoms with van der Waals surface area (Å²) in [5.41, 5.74) is -2.80. The third-order valence-electron chi connectivity index (χ3n) is 2.49. The lowest BCUT2D eigenvalue weighted by atomic mass is 10.1. The average Bonchev–Trinajstić information content (AvgIpc) is 2.36. The molecular weight excluding hydrogens is 309 g/mol. The van der Waals surface area contributed by atoms with E-state index in [1.807, 2.05) is 5.32 Å². The molecule has 1 rings (SSSR count). The lowest BCUT2D eigenvalue weighted by Gasteiger charge is -2.16. The summed E-state index contributed by atoms with van der Waals surface area (Å²) in [6.07, 6.45) is -6.21. The van der Waals surface area contributed by atoms with Crippen molar-refractivity contribution >= 4 is 23.3 Å². The largest absolute Gasteiger partial charge is 0.453 e.